The summed E-state index contributed by atoms with van der Waals surface area (Å²) in [6.07, 6.45) is 0. The highest BCUT2D eigenvalue weighted by atomic mass is 16.5. The zero-order valence-electron chi connectivity index (χ0n) is 19.7. The van der Waals surface area contributed by atoms with Crippen LogP contribution in [-0.4, -0.2) is 78.2 Å². The van der Waals surface area contributed by atoms with Crippen molar-refractivity contribution in [1.29, 1.82) is 0 Å². The van der Waals surface area contributed by atoms with Gasteiger partial charge in [0.25, 0.3) is 0 Å². The third kappa shape index (κ3) is 9.03. The van der Waals surface area contributed by atoms with Crippen molar-refractivity contribution >= 4 is 23.6 Å². The molecule has 9 heteroatoms. The number of nitrogens with zero attached hydrogens (tertiary/aromatic N) is 3. The van der Waals surface area contributed by atoms with Crippen LogP contribution < -0.4 is 5.73 Å². The van der Waals surface area contributed by atoms with E-state index in [1.54, 1.807) is 0 Å². The molecule has 0 aliphatic carbocycles. The topological polar surface area (TPSA) is 113 Å². The van der Waals surface area contributed by atoms with Gasteiger partial charge in [-0.3, -0.25) is 19.2 Å². The lowest BCUT2D eigenvalue weighted by molar-refractivity contribution is -0.145. The Kier molecular flexibility index (Phi) is 10.7. The molecule has 4 amide bonds. The summed E-state index contributed by atoms with van der Waals surface area (Å²) in [6, 6.07) is 18.5. The summed E-state index contributed by atoms with van der Waals surface area (Å²) in [5.74, 6) is -1.72. The molecule has 0 spiro atoms. The number of primary amides is 1. The predicted octanol–water partition coefficient (Wildman–Crippen LogP) is 1.02. The molecule has 0 radical (unpaired) electrons. The molecule has 0 saturated heterocycles. The summed E-state index contributed by atoms with van der Waals surface area (Å²) < 4.78 is 5.10. The molecule has 2 aromatic rings. The molecule has 0 atom stereocenters. The van der Waals surface area contributed by atoms with E-state index in [4.69, 9.17) is 10.5 Å². The highest BCUT2D eigenvalue weighted by molar-refractivity contribution is 5.89. The second-order valence-corrected chi connectivity index (χ2v) is 7.87. The van der Waals surface area contributed by atoms with E-state index < -0.39 is 17.7 Å². The summed E-state index contributed by atoms with van der Waals surface area (Å²) in [5.41, 5.74) is 7.07. The first-order valence-corrected chi connectivity index (χ1v) is 11.0. The summed E-state index contributed by atoms with van der Waals surface area (Å²) in [5, 5.41) is 0. The van der Waals surface area contributed by atoms with Crippen molar-refractivity contribution in [3.8, 4) is 0 Å². The van der Waals surface area contributed by atoms with E-state index in [9.17, 15) is 19.2 Å². The van der Waals surface area contributed by atoms with Crippen molar-refractivity contribution < 1.29 is 23.9 Å². The monoisotopic (exact) mass is 468 g/mol. The number of benzene rings is 2. The number of methoxy groups -OCH3 is 1. The molecule has 34 heavy (non-hydrogen) atoms. The normalized spacial score (nSPS) is 10.4. The third-order valence-electron chi connectivity index (χ3n) is 5.15. The Balaban J connectivity index is 2.13. The predicted molar refractivity (Wildman–Crippen MR) is 127 cm³/mol. The lowest BCUT2D eigenvalue weighted by atomic mass is 10.2. The Bertz CT molecular complexity index is 952. The number of carbonyl (C=O) groups is 4. The van der Waals surface area contributed by atoms with Crippen molar-refractivity contribution in [1.82, 2.24) is 14.7 Å². The molecule has 0 unspecified atom stereocenters. The van der Waals surface area contributed by atoms with E-state index in [2.05, 4.69) is 0 Å². The van der Waals surface area contributed by atoms with Gasteiger partial charge in [-0.15, -0.1) is 0 Å². The molecule has 2 N–H and O–H groups in total. The van der Waals surface area contributed by atoms with Gasteiger partial charge in [0.2, 0.25) is 23.6 Å². The van der Waals surface area contributed by atoms with Crippen LogP contribution in [0.15, 0.2) is 60.7 Å². The third-order valence-corrected chi connectivity index (χ3v) is 5.15. The fraction of sp³-hybridized carbons (Fsp3) is 0.360. The standard InChI is InChI=1S/C25H32N4O5/c1-20(30)28(15-21-9-5-3-6-10-21)19-24(32)27(13-14-34-2)18-25(33)29(17-23(26)31)16-22-11-7-4-8-12-22/h3-12H,13-19H2,1-2H3,(H2,26,31). The molecule has 0 aliphatic rings. The van der Waals surface area contributed by atoms with E-state index in [0.717, 1.165) is 11.1 Å². The molecule has 0 bridgehead atoms. The summed E-state index contributed by atoms with van der Waals surface area (Å²) in [6.45, 7) is 1.51. The Morgan fingerprint density at radius 3 is 1.68 bits per heavy atom. The number of nitrogens with two attached hydrogens (primary N) is 1. The second-order valence-electron chi connectivity index (χ2n) is 7.87. The van der Waals surface area contributed by atoms with Gasteiger partial charge in [-0.2, -0.15) is 0 Å². The highest BCUT2D eigenvalue weighted by Crippen LogP contribution is 2.08. The van der Waals surface area contributed by atoms with Crippen LogP contribution in [0.25, 0.3) is 0 Å². The molecule has 2 aromatic carbocycles. The van der Waals surface area contributed by atoms with Gasteiger partial charge in [0, 0.05) is 33.7 Å². The van der Waals surface area contributed by atoms with Crippen LogP contribution in [0.3, 0.4) is 0 Å². The van der Waals surface area contributed by atoms with E-state index in [-0.39, 0.29) is 51.8 Å². The van der Waals surface area contributed by atoms with Gasteiger partial charge in [0.15, 0.2) is 0 Å². The molecular formula is C25H32N4O5. The molecule has 2 rings (SSSR count). The lowest BCUT2D eigenvalue weighted by Crippen LogP contribution is -2.49. The van der Waals surface area contributed by atoms with Crippen molar-refractivity contribution in [2.24, 2.45) is 5.73 Å². The average molecular weight is 469 g/mol. The summed E-state index contributed by atoms with van der Waals surface area (Å²) in [7, 11) is 1.50. The number of rotatable bonds is 13. The molecule has 0 aromatic heterocycles. The Morgan fingerprint density at radius 1 is 0.735 bits per heavy atom. The van der Waals surface area contributed by atoms with Gasteiger partial charge in [0.1, 0.15) is 6.54 Å². The fourth-order valence-corrected chi connectivity index (χ4v) is 3.33. The fourth-order valence-electron chi connectivity index (χ4n) is 3.33. The SMILES string of the molecule is COCCN(CC(=O)N(CC(N)=O)Cc1ccccc1)C(=O)CN(Cc1ccccc1)C(C)=O. The molecule has 0 aliphatic heterocycles. The minimum Gasteiger partial charge on any atom is -0.383 e. The first-order chi connectivity index (χ1) is 16.3. The van der Waals surface area contributed by atoms with E-state index in [0.29, 0.717) is 0 Å². The van der Waals surface area contributed by atoms with Crippen LogP contribution in [0.4, 0.5) is 0 Å². The van der Waals surface area contributed by atoms with Crippen LogP contribution in [0, 0.1) is 0 Å². The number of carbonyl (C=O) groups excluding carboxylic acids is 4. The van der Waals surface area contributed by atoms with Crippen molar-refractivity contribution in [3.05, 3.63) is 71.8 Å². The van der Waals surface area contributed by atoms with Crippen LogP contribution >= 0.6 is 0 Å². The number of hydrogen-bond acceptors (Lipinski definition) is 5. The maximum atomic E-state index is 13.1. The van der Waals surface area contributed by atoms with Crippen molar-refractivity contribution in [2.75, 3.05) is 39.9 Å². The quantitative estimate of drug-likeness (QED) is 0.472. The molecular weight excluding hydrogens is 436 g/mol. The van der Waals surface area contributed by atoms with E-state index >= 15 is 0 Å². The second kappa shape index (κ2) is 13.7. The molecule has 182 valence electrons. The Labute approximate surface area is 200 Å². The smallest absolute Gasteiger partial charge is 0.242 e. The Morgan fingerprint density at radius 2 is 1.21 bits per heavy atom. The van der Waals surface area contributed by atoms with Crippen molar-refractivity contribution in [3.63, 3.8) is 0 Å². The largest absolute Gasteiger partial charge is 0.383 e. The maximum Gasteiger partial charge on any atom is 0.242 e. The molecule has 0 heterocycles. The van der Waals surface area contributed by atoms with Crippen LogP contribution in [0.2, 0.25) is 0 Å². The minimum absolute atomic E-state index is 0.161. The maximum absolute atomic E-state index is 13.1. The van der Waals surface area contributed by atoms with Gasteiger partial charge < -0.3 is 25.2 Å². The van der Waals surface area contributed by atoms with Gasteiger partial charge in [-0.05, 0) is 11.1 Å². The number of amides is 4. The summed E-state index contributed by atoms with van der Waals surface area (Å²) >= 11 is 0. The van der Waals surface area contributed by atoms with E-state index in [1.165, 1.54) is 28.7 Å². The van der Waals surface area contributed by atoms with Gasteiger partial charge >= 0.3 is 0 Å². The van der Waals surface area contributed by atoms with Crippen LogP contribution in [0.1, 0.15) is 18.1 Å². The molecule has 0 fully saturated rings. The summed E-state index contributed by atoms with van der Waals surface area (Å²) in [4.78, 5) is 54.0. The van der Waals surface area contributed by atoms with Crippen molar-refractivity contribution in [2.45, 2.75) is 20.0 Å². The zero-order valence-corrected chi connectivity index (χ0v) is 19.7. The van der Waals surface area contributed by atoms with Gasteiger partial charge in [0.05, 0.1) is 19.7 Å². The number of ether oxygens (including phenoxy) is 1. The van der Waals surface area contributed by atoms with E-state index in [1.807, 2.05) is 60.7 Å². The minimum atomic E-state index is -0.648. The number of hydrogen-bond donors (Lipinski definition) is 1. The van der Waals surface area contributed by atoms with Crippen LogP contribution in [0.5, 0.6) is 0 Å². The Hall–Kier alpha value is -3.72. The van der Waals surface area contributed by atoms with Gasteiger partial charge in [-0.1, -0.05) is 60.7 Å². The highest BCUT2D eigenvalue weighted by Gasteiger charge is 2.24. The van der Waals surface area contributed by atoms with Crippen LogP contribution in [-0.2, 0) is 37.0 Å². The first-order valence-electron chi connectivity index (χ1n) is 11.0. The molecule has 9 nitrogen and oxygen atoms in total. The molecule has 0 saturated carbocycles. The lowest BCUT2D eigenvalue weighted by Gasteiger charge is -2.29. The average Bonchev–Trinajstić information content (AvgIpc) is 2.81. The van der Waals surface area contributed by atoms with Gasteiger partial charge in [-0.25, -0.2) is 0 Å². The first kappa shape index (κ1) is 26.5. The zero-order chi connectivity index (χ0) is 24.9.